The van der Waals surface area contributed by atoms with Crippen LogP contribution in [-0.4, -0.2) is 20.6 Å². The summed E-state index contributed by atoms with van der Waals surface area (Å²) in [5, 5.41) is 12.7. The SMILES string of the molecule is O=C1CC(c2cccc(O)c2)c2ncn(-c3ccccc3Br)c2N1. The van der Waals surface area contributed by atoms with Crippen molar-refractivity contribution in [2.75, 3.05) is 5.32 Å². The van der Waals surface area contributed by atoms with Gasteiger partial charge in [-0.3, -0.25) is 9.36 Å². The summed E-state index contributed by atoms with van der Waals surface area (Å²) < 4.78 is 2.78. The molecule has 2 N–H and O–H groups in total. The summed E-state index contributed by atoms with van der Waals surface area (Å²) >= 11 is 3.54. The quantitative estimate of drug-likeness (QED) is 0.706. The van der Waals surface area contributed by atoms with E-state index >= 15 is 0 Å². The van der Waals surface area contributed by atoms with Crippen molar-refractivity contribution in [2.24, 2.45) is 0 Å². The Labute approximate surface area is 147 Å². The summed E-state index contributed by atoms with van der Waals surface area (Å²) in [4.78, 5) is 16.8. The van der Waals surface area contributed by atoms with Gasteiger partial charge in [-0.2, -0.15) is 0 Å². The Morgan fingerprint density at radius 2 is 2.04 bits per heavy atom. The first kappa shape index (κ1) is 15.0. The minimum absolute atomic E-state index is 0.0651. The highest BCUT2D eigenvalue weighted by molar-refractivity contribution is 9.10. The third-order valence-electron chi connectivity index (χ3n) is 4.16. The molecule has 6 heteroatoms. The van der Waals surface area contributed by atoms with Gasteiger partial charge in [-0.1, -0.05) is 24.3 Å². The number of amides is 1. The van der Waals surface area contributed by atoms with Gasteiger partial charge in [0.15, 0.2) is 0 Å². The van der Waals surface area contributed by atoms with E-state index in [-0.39, 0.29) is 17.6 Å². The molecule has 0 fully saturated rings. The lowest BCUT2D eigenvalue weighted by atomic mass is 9.90. The Morgan fingerprint density at radius 1 is 1.21 bits per heavy atom. The number of para-hydroxylation sites is 1. The molecule has 0 bridgehead atoms. The number of phenolic OH excluding ortho intramolecular Hbond substituents is 1. The van der Waals surface area contributed by atoms with Crippen molar-refractivity contribution in [1.29, 1.82) is 0 Å². The van der Waals surface area contributed by atoms with Gasteiger partial charge < -0.3 is 10.4 Å². The number of anilines is 1. The lowest BCUT2D eigenvalue weighted by Crippen LogP contribution is -2.24. The maximum atomic E-state index is 12.2. The molecule has 0 saturated heterocycles. The monoisotopic (exact) mass is 383 g/mol. The van der Waals surface area contributed by atoms with Gasteiger partial charge in [0.2, 0.25) is 5.91 Å². The van der Waals surface area contributed by atoms with Crippen LogP contribution in [0, 0.1) is 0 Å². The highest BCUT2D eigenvalue weighted by atomic mass is 79.9. The summed E-state index contributed by atoms with van der Waals surface area (Å²) in [7, 11) is 0. The lowest BCUT2D eigenvalue weighted by Gasteiger charge is -2.23. The fourth-order valence-corrected chi connectivity index (χ4v) is 3.53. The Hall–Kier alpha value is -2.60. The number of aromatic nitrogens is 2. The number of aromatic hydroxyl groups is 1. The number of carbonyl (C=O) groups excluding carboxylic acids is 1. The van der Waals surface area contributed by atoms with Gasteiger partial charge in [0, 0.05) is 16.8 Å². The molecule has 1 atom stereocenters. The Kier molecular flexibility index (Phi) is 3.61. The molecular weight excluding hydrogens is 370 g/mol. The maximum absolute atomic E-state index is 12.2. The molecule has 3 aromatic rings. The number of hydrogen-bond donors (Lipinski definition) is 2. The lowest BCUT2D eigenvalue weighted by molar-refractivity contribution is -0.116. The van der Waals surface area contributed by atoms with Crippen molar-refractivity contribution in [1.82, 2.24) is 9.55 Å². The number of rotatable bonds is 2. The third-order valence-corrected chi connectivity index (χ3v) is 4.83. The number of nitrogens with one attached hydrogen (secondary N) is 1. The van der Waals surface area contributed by atoms with Crippen molar-refractivity contribution < 1.29 is 9.90 Å². The molecule has 4 rings (SSSR count). The van der Waals surface area contributed by atoms with Crippen LogP contribution in [-0.2, 0) is 4.79 Å². The molecule has 0 spiro atoms. The summed E-state index contributed by atoms with van der Waals surface area (Å²) in [5.41, 5.74) is 2.59. The largest absolute Gasteiger partial charge is 0.508 e. The van der Waals surface area contributed by atoms with E-state index in [0.29, 0.717) is 12.2 Å². The third kappa shape index (κ3) is 2.49. The van der Waals surface area contributed by atoms with Crippen LogP contribution in [0.1, 0.15) is 23.6 Å². The smallest absolute Gasteiger partial charge is 0.226 e. The van der Waals surface area contributed by atoms with Gasteiger partial charge in [-0.15, -0.1) is 0 Å². The zero-order chi connectivity index (χ0) is 16.7. The molecule has 120 valence electrons. The van der Waals surface area contributed by atoms with Crippen LogP contribution in [0.2, 0.25) is 0 Å². The predicted octanol–water partition coefficient (Wildman–Crippen LogP) is 3.81. The van der Waals surface area contributed by atoms with Crippen LogP contribution >= 0.6 is 15.9 Å². The standard InChI is InChI=1S/C18H14BrN3O2/c19-14-6-1-2-7-15(14)22-10-20-17-13(9-16(24)21-18(17)22)11-4-3-5-12(23)8-11/h1-8,10,13,23H,9H2,(H,21,24). The summed E-state index contributed by atoms with van der Waals surface area (Å²) in [6.07, 6.45) is 2.02. The van der Waals surface area contributed by atoms with Crippen molar-refractivity contribution >= 4 is 27.7 Å². The first-order valence-corrected chi connectivity index (χ1v) is 8.33. The van der Waals surface area contributed by atoms with Crippen LogP contribution in [0.15, 0.2) is 59.3 Å². The number of imidazole rings is 1. The predicted molar refractivity (Wildman–Crippen MR) is 94.5 cm³/mol. The fraction of sp³-hybridized carbons (Fsp3) is 0.111. The van der Waals surface area contributed by atoms with E-state index in [1.807, 2.05) is 34.9 Å². The maximum Gasteiger partial charge on any atom is 0.226 e. The van der Waals surface area contributed by atoms with Crippen molar-refractivity contribution in [2.45, 2.75) is 12.3 Å². The van der Waals surface area contributed by atoms with Gasteiger partial charge in [0.05, 0.1) is 11.4 Å². The van der Waals surface area contributed by atoms with Gasteiger partial charge in [-0.25, -0.2) is 4.98 Å². The van der Waals surface area contributed by atoms with Crippen LogP contribution < -0.4 is 5.32 Å². The van der Waals surface area contributed by atoms with E-state index in [4.69, 9.17) is 0 Å². The number of carbonyl (C=O) groups is 1. The second kappa shape index (κ2) is 5.79. The van der Waals surface area contributed by atoms with E-state index in [1.54, 1.807) is 24.5 Å². The number of hydrogen-bond acceptors (Lipinski definition) is 3. The average Bonchev–Trinajstić information content (AvgIpc) is 2.98. The van der Waals surface area contributed by atoms with Gasteiger partial charge in [-0.05, 0) is 45.8 Å². The summed E-state index contributed by atoms with van der Waals surface area (Å²) in [6.45, 7) is 0. The number of halogens is 1. The molecule has 1 unspecified atom stereocenters. The minimum atomic E-state index is -0.176. The molecule has 1 aliphatic rings. The van der Waals surface area contributed by atoms with Crippen molar-refractivity contribution in [3.8, 4) is 11.4 Å². The highest BCUT2D eigenvalue weighted by Gasteiger charge is 2.31. The van der Waals surface area contributed by atoms with Crippen LogP contribution in [0.4, 0.5) is 5.82 Å². The first-order valence-electron chi connectivity index (χ1n) is 7.54. The topological polar surface area (TPSA) is 67.1 Å². The second-order valence-corrected chi connectivity index (χ2v) is 6.55. The van der Waals surface area contributed by atoms with Crippen LogP contribution in [0.3, 0.4) is 0 Å². The first-order chi connectivity index (χ1) is 11.6. The molecule has 0 saturated carbocycles. The normalized spacial score (nSPS) is 16.5. The Balaban J connectivity index is 1.85. The highest BCUT2D eigenvalue weighted by Crippen LogP contribution is 2.38. The zero-order valence-electron chi connectivity index (χ0n) is 12.6. The minimum Gasteiger partial charge on any atom is -0.508 e. The van der Waals surface area contributed by atoms with Gasteiger partial charge in [0.25, 0.3) is 0 Å². The van der Waals surface area contributed by atoms with E-state index in [0.717, 1.165) is 21.4 Å². The molecule has 2 heterocycles. The van der Waals surface area contributed by atoms with E-state index in [2.05, 4.69) is 26.2 Å². The molecule has 1 amide bonds. The average molecular weight is 384 g/mol. The number of benzene rings is 2. The Bertz CT molecular complexity index is 936. The zero-order valence-corrected chi connectivity index (χ0v) is 14.2. The molecule has 24 heavy (non-hydrogen) atoms. The summed E-state index contributed by atoms with van der Waals surface area (Å²) in [6, 6.07) is 14.8. The van der Waals surface area contributed by atoms with Crippen LogP contribution in [0.5, 0.6) is 5.75 Å². The van der Waals surface area contributed by atoms with E-state index < -0.39 is 0 Å². The van der Waals surface area contributed by atoms with Crippen LogP contribution in [0.25, 0.3) is 5.69 Å². The molecule has 1 aromatic heterocycles. The number of fused-ring (bicyclic) bond motifs is 1. The van der Waals surface area contributed by atoms with Crippen molar-refractivity contribution in [3.05, 3.63) is 70.6 Å². The van der Waals surface area contributed by atoms with Gasteiger partial charge in [0.1, 0.15) is 17.9 Å². The van der Waals surface area contributed by atoms with E-state index in [9.17, 15) is 9.90 Å². The number of phenols is 1. The Morgan fingerprint density at radius 3 is 2.83 bits per heavy atom. The van der Waals surface area contributed by atoms with Crippen molar-refractivity contribution in [3.63, 3.8) is 0 Å². The second-order valence-electron chi connectivity index (χ2n) is 5.70. The molecule has 1 aliphatic heterocycles. The molecular formula is C18H14BrN3O2. The molecule has 5 nitrogen and oxygen atoms in total. The number of nitrogens with zero attached hydrogens (tertiary/aromatic N) is 2. The van der Waals surface area contributed by atoms with Gasteiger partial charge >= 0.3 is 0 Å². The molecule has 0 aliphatic carbocycles. The fourth-order valence-electron chi connectivity index (χ4n) is 3.05. The molecule has 2 aromatic carbocycles. The van der Waals surface area contributed by atoms with E-state index in [1.165, 1.54) is 0 Å². The molecule has 0 radical (unpaired) electrons. The summed E-state index contributed by atoms with van der Waals surface area (Å²) in [5.74, 6) is 0.617.